The molecule has 0 fully saturated rings. The Morgan fingerprint density at radius 2 is 2.00 bits per heavy atom. The Labute approximate surface area is 83.8 Å². The second-order valence-electron chi connectivity index (χ2n) is 2.58. The summed E-state index contributed by atoms with van der Waals surface area (Å²) in [6.45, 7) is 0. The molecular formula is C7H7BrFNO2S. The molecule has 2 N–H and O–H groups in total. The normalized spacial score (nSPS) is 11.6. The molecule has 0 unspecified atom stereocenters. The third-order valence-electron chi connectivity index (χ3n) is 1.45. The molecule has 0 heterocycles. The Morgan fingerprint density at radius 3 is 2.46 bits per heavy atom. The number of hydrogen-bond acceptors (Lipinski definition) is 3. The SMILES string of the molecule is CS(=O)(=O)c1cc(Br)c(F)cc1N. The lowest BCUT2D eigenvalue weighted by Gasteiger charge is -2.04. The molecule has 0 aromatic heterocycles. The largest absolute Gasteiger partial charge is 0.398 e. The Bertz CT molecular complexity index is 444. The molecule has 0 aliphatic heterocycles. The topological polar surface area (TPSA) is 60.2 Å². The van der Waals surface area contributed by atoms with E-state index in [9.17, 15) is 12.8 Å². The molecule has 72 valence electrons. The summed E-state index contributed by atoms with van der Waals surface area (Å²) in [7, 11) is -3.39. The first-order valence-corrected chi connectivity index (χ1v) is 5.95. The van der Waals surface area contributed by atoms with Gasteiger partial charge in [0.25, 0.3) is 0 Å². The van der Waals surface area contributed by atoms with Gasteiger partial charge in [-0.3, -0.25) is 0 Å². The number of halogens is 2. The van der Waals surface area contributed by atoms with Gasteiger partial charge in [0.05, 0.1) is 15.1 Å². The molecule has 0 saturated carbocycles. The van der Waals surface area contributed by atoms with Crippen molar-refractivity contribution in [3.63, 3.8) is 0 Å². The van der Waals surface area contributed by atoms with Crippen LogP contribution in [0.1, 0.15) is 0 Å². The Kier molecular flexibility index (Phi) is 2.63. The smallest absolute Gasteiger partial charge is 0.177 e. The van der Waals surface area contributed by atoms with E-state index in [-0.39, 0.29) is 15.1 Å². The Morgan fingerprint density at radius 1 is 1.46 bits per heavy atom. The highest BCUT2D eigenvalue weighted by Crippen LogP contribution is 2.25. The van der Waals surface area contributed by atoms with Crippen LogP contribution < -0.4 is 5.73 Å². The number of hydrogen-bond donors (Lipinski definition) is 1. The third-order valence-corrected chi connectivity index (χ3v) is 3.21. The zero-order chi connectivity index (χ0) is 10.2. The molecule has 3 nitrogen and oxygen atoms in total. The summed E-state index contributed by atoms with van der Waals surface area (Å²) in [6.07, 6.45) is 1.02. The van der Waals surface area contributed by atoms with Gasteiger partial charge >= 0.3 is 0 Å². The second kappa shape index (κ2) is 3.26. The highest BCUT2D eigenvalue weighted by Gasteiger charge is 2.14. The summed E-state index contributed by atoms with van der Waals surface area (Å²) >= 11 is 2.88. The molecular weight excluding hydrogens is 261 g/mol. The van der Waals surface area contributed by atoms with Crippen LogP contribution in [0.2, 0.25) is 0 Å². The highest BCUT2D eigenvalue weighted by atomic mass is 79.9. The number of anilines is 1. The van der Waals surface area contributed by atoms with Crippen molar-refractivity contribution in [2.24, 2.45) is 0 Å². The first kappa shape index (κ1) is 10.5. The van der Waals surface area contributed by atoms with Crippen molar-refractivity contribution in [3.05, 3.63) is 22.4 Å². The van der Waals surface area contributed by atoms with Crippen molar-refractivity contribution in [3.8, 4) is 0 Å². The summed E-state index contributed by atoms with van der Waals surface area (Å²) in [5, 5.41) is 0. The summed E-state index contributed by atoms with van der Waals surface area (Å²) in [6, 6.07) is 2.13. The predicted molar refractivity (Wildman–Crippen MR) is 51.6 cm³/mol. The van der Waals surface area contributed by atoms with Gasteiger partial charge in [0.15, 0.2) is 9.84 Å². The van der Waals surface area contributed by atoms with Crippen molar-refractivity contribution in [2.75, 3.05) is 12.0 Å². The molecule has 1 aromatic carbocycles. The number of nitrogens with two attached hydrogens (primary N) is 1. The van der Waals surface area contributed by atoms with Crippen LogP contribution >= 0.6 is 15.9 Å². The number of benzene rings is 1. The van der Waals surface area contributed by atoms with E-state index >= 15 is 0 Å². The van der Waals surface area contributed by atoms with Gasteiger partial charge in [0, 0.05) is 6.26 Å². The van der Waals surface area contributed by atoms with Crippen LogP contribution in [0.15, 0.2) is 21.5 Å². The summed E-state index contributed by atoms with van der Waals surface area (Å²) in [5.74, 6) is -0.579. The van der Waals surface area contributed by atoms with Crippen LogP contribution in [0.25, 0.3) is 0 Å². The minimum atomic E-state index is -3.39. The van der Waals surface area contributed by atoms with Crippen LogP contribution in [-0.2, 0) is 9.84 Å². The minimum absolute atomic E-state index is 0.0687. The van der Waals surface area contributed by atoms with E-state index in [0.29, 0.717) is 0 Å². The lowest BCUT2D eigenvalue weighted by atomic mass is 10.3. The van der Waals surface area contributed by atoms with Gasteiger partial charge in [-0.15, -0.1) is 0 Å². The van der Waals surface area contributed by atoms with E-state index in [1.54, 1.807) is 0 Å². The zero-order valence-corrected chi connectivity index (χ0v) is 9.12. The van der Waals surface area contributed by atoms with Crippen LogP contribution in [-0.4, -0.2) is 14.7 Å². The second-order valence-corrected chi connectivity index (χ2v) is 5.41. The van der Waals surface area contributed by atoms with Crippen molar-refractivity contribution in [1.29, 1.82) is 0 Å². The number of sulfone groups is 1. The van der Waals surface area contributed by atoms with E-state index in [1.165, 1.54) is 0 Å². The molecule has 0 aliphatic carbocycles. The number of nitrogen functional groups attached to an aromatic ring is 1. The number of rotatable bonds is 1. The molecule has 0 amide bonds. The van der Waals surface area contributed by atoms with Gasteiger partial charge in [0.1, 0.15) is 5.82 Å². The molecule has 0 atom stereocenters. The Hall–Kier alpha value is -0.620. The van der Waals surface area contributed by atoms with E-state index < -0.39 is 15.7 Å². The predicted octanol–water partition coefficient (Wildman–Crippen LogP) is 1.57. The summed E-state index contributed by atoms with van der Waals surface area (Å²) in [5.41, 5.74) is 5.26. The molecule has 0 bridgehead atoms. The molecule has 1 aromatic rings. The van der Waals surface area contributed by atoms with E-state index in [4.69, 9.17) is 5.73 Å². The fourth-order valence-electron chi connectivity index (χ4n) is 0.865. The maximum Gasteiger partial charge on any atom is 0.177 e. The fraction of sp³-hybridized carbons (Fsp3) is 0.143. The van der Waals surface area contributed by atoms with Gasteiger partial charge in [-0.25, -0.2) is 12.8 Å². The van der Waals surface area contributed by atoms with Crippen molar-refractivity contribution >= 4 is 31.5 Å². The van der Waals surface area contributed by atoms with Gasteiger partial charge in [-0.1, -0.05) is 0 Å². The van der Waals surface area contributed by atoms with Gasteiger partial charge in [-0.05, 0) is 28.1 Å². The van der Waals surface area contributed by atoms with Crippen LogP contribution in [0.4, 0.5) is 10.1 Å². The van der Waals surface area contributed by atoms with Gasteiger partial charge in [0.2, 0.25) is 0 Å². The first-order valence-electron chi connectivity index (χ1n) is 3.27. The minimum Gasteiger partial charge on any atom is -0.398 e. The first-order chi connectivity index (χ1) is 5.82. The average molecular weight is 268 g/mol. The van der Waals surface area contributed by atoms with Crippen molar-refractivity contribution in [2.45, 2.75) is 4.90 Å². The van der Waals surface area contributed by atoms with Gasteiger partial charge < -0.3 is 5.73 Å². The molecule has 13 heavy (non-hydrogen) atoms. The van der Waals surface area contributed by atoms with Crippen LogP contribution in [0.3, 0.4) is 0 Å². The van der Waals surface area contributed by atoms with Crippen LogP contribution in [0, 0.1) is 5.82 Å². The van der Waals surface area contributed by atoms with Crippen molar-refractivity contribution < 1.29 is 12.8 Å². The van der Waals surface area contributed by atoms with Crippen LogP contribution in [0.5, 0.6) is 0 Å². The van der Waals surface area contributed by atoms with E-state index in [0.717, 1.165) is 18.4 Å². The molecule has 0 saturated heterocycles. The van der Waals surface area contributed by atoms with Crippen molar-refractivity contribution in [1.82, 2.24) is 0 Å². The zero-order valence-electron chi connectivity index (χ0n) is 6.71. The summed E-state index contributed by atoms with van der Waals surface area (Å²) in [4.78, 5) is -0.0687. The summed E-state index contributed by atoms with van der Waals surface area (Å²) < 4.78 is 35.1. The molecule has 0 aliphatic rings. The monoisotopic (exact) mass is 267 g/mol. The molecule has 0 radical (unpaired) electrons. The standard InChI is InChI=1S/C7H7BrFNO2S/c1-13(11,12)7-2-4(8)5(9)3-6(7)10/h2-3H,10H2,1H3. The van der Waals surface area contributed by atoms with E-state index in [2.05, 4.69) is 15.9 Å². The highest BCUT2D eigenvalue weighted by molar-refractivity contribution is 9.10. The lowest BCUT2D eigenvalue weighted by molar-refractivity contribution is 0.600. The maximum atomic E-state index is 12.8. The molecule has 6 heteroatoms. The molecule has 0 spiro atoms. The average Bonchev–Trinajstić information content (AvgIpc) is 1.94. The Balaban J connectivity index is 3.50. The quantitative estimate of drug-likeness (QED) is 0.621. The van der Waals surface area contributed by atoms with E-state index in [1.807, 2.05) is 0 Å². The molecule has 1 rings (SSSR count). The lowest BCUT2D eigenvalue weighted by Crippen LogP contribution is -2.03. The third kappa shape index (κ3) is 2.19. The fourth-order valence-corrected chi connectivity index (χ4v) is 2.18. The van der Waals surface area contributed by atoms with Gasteiger partial charge in [-0.2, -0.15) is 0 Å². The maximum absolute atomic E-state index is 12.8.